The minimum absolute atomic E-state index is 0.0134. The van der Waals surface area contributed by atoms with Crippen LogP contribution in [0.25, 0.3) is 0 Å². The van der Waals surface area contributed by atoms with Crippen LogP contribution in [0.1, 0.15) is 36.8 Å². The van der Waals surface area contributed by atoms with Crippen LogP contribution in [0.5, 0.6) is 0 Å². The molecule has 1 aliphatic rings. The molecule has 1 saturated heterocycles. The summed E-state index contributed by atoms with van der Waals surface area (Å²) in [5.74, 6) is 0.577. The molecule has 1 N–H and O–H groups in total. The fraction of sp³-hybridized carbons (Fsp3) is 0.300. The van der Waals surface area contributed by atoms with Crippen LogP contribution in [0.3, 0.4) is 0 Å². The number of aryl methyl sites for hydroxylation is 1. The fourth-order valence-electron chi connectivity index (χ4n) is 3.00. The van der Waals surface area contributed by atoms with E-state index in [1.807, 2.05) is 54.3 Å². The van der Waals surface area contributed by atoms with E-state index in [4.69, 9.17) is 0 Å². The third kappa shape index (κ3) is 3.71. The Labute approximate surface area is 152 Å². The molecule has 1 aliphatic heterocycles. The van der Waals surface area contributed by atoms with Crippen LogP contribution in [0.4, 0.5) is 11.4 Å². The van der Waals surface area contributed by atoms with Crippen molar-refractivity contribution < 1.29 is 9.59 Å². The van der Waals surface area contributed by atoms with Gasteiger partial charge in [0, 0.05) is 17.8 Å². The predicted molar refractivity (Wildman–Crippen MR) is 104 cm³/mol. The Morgan fingerprint density at radius 3 is 2.76 bits per heavy atom. The first kappa shape index (κ1) is 17.5. The summed E-state index contributed by atoms with van der Waals surface area (Å²) in [5, 5.41) is 2.82. The quantitative estimate of drug-likeness (QED) is 0.867. The molecule has 4 nitrogen and oxygen atoms in total. The lowest BCUT2D eigenvalue weighted by molar-refractivity contribution is -0.116. The number of anilines is 2. The SMILES string of the molecule is CCC(=O)Nc1cccc([C@H]2SCC(=O)N2c2ccccc2CC)c1. The number of carbonyl (C=O) groups excluding carboxylic acids is 2. The third-order valence-corrected chi connectivity index (χ3v) is 5.49. The maximum Gasteiger partial charge on any atom is 0.238 e. The van der Waals surface area contributed by atoms with Crippen molar-refractivity contribution in [1.82, 2.24) is 0 Å². The van der Waals surface area contributed by atoms with Gasteiger partial charge in [-0.25, -0.2) is 0 Å². The van der Waals surface area contributed by atoms with Crippen molar-refractivity contribution in [3.8, 4) is 0 Å². The van der Waals surface area contributed by atoms with Gasteiger partial charge in [-0.2, -0.15) is 0 Å². The van der Waals surface area contributed by atoms with Gasteiger partial charge in [-0.3, -0.25) is 14.5 Å². The zero-order chi connectivity index (χ0) is 17.8. The molecule has 0 radical (unpaired) electrons. The minimum atomic E-state index is -0.0707. The molecular weight excluding hydrogens is 332 g/mol. The molecule has 5 heteroatoms. The Kier molecular flexibility index (Phi) is 5.43. The molecule has 0 unspecified atom stereocenters. The van der Waals surface area contributed by atoms with Gasteiger partial charge in [-0.15, -0.1) is 11.8 Å². The van der Waals surface area contributed by atoms with E-state index in [2.05, 4.69) is 18.3 Å². The molecule has 0 saturated carbocycles. The zero-order valence-corrected chi connectivity index (χ0v) is 15.3. The highest BCUT2D eigenvalue weighted by molar-refractivity contribution is 8.00. The average Bonchev–Trinajstić information content (AvgIpc) is 3.03. The number of amides is 2. The molecule has 2 amide bonds. The molecule has 1 fully saturated rings. The average molecular weight is 354 g/mol. The summed E-state index contributed by atoms with van der Waals surface area (Å²) in [7, 11) is 0. The summed E-state index contributed by atoms with van der Waals surface area (Å²) in [6, 6.07) is 15.8. The van der Waals surface area contributed by atoms with Gasteiger partial charge in [0.1, 0.15) is 5.37 Å². The van der Waals surface area contributed by atoms with Gasteiger partial charge in [0.05, 0.1) is 5.75 Å². The summed E-state index contributed by atoms with van der Waals surface area (Å²) in [6.45, 7) is 3.93. The summed E-state index contributed by atoms with van der Waals surface area (Å²) in [4.78, 5) is 26.1. The van der Waals surface area contributed by atoms with Crippen molar-refractivity contribution in [2.75, 3.05) is 16.0 Å². The van der Waals surface area contributed by atoms with Crippen LogP contribution in [-0.4, -0.2) is 17.6 Å². The van der Waals surface area contributed by atoms with E-state index < -0.39 is 0 Å². The lowest BCUT2D eigenvalue weighted by Gasteiger charge is -2.26. The maximum atomic E-state index is 12.6. The molecule has 0 spiro atoms. The molecule has 2 aromatic rings. The summed E-state index contributed by atoms with van der Waals surface area (Å²) in [5.41, 5.74) is 3.94. The normalized spacial score (nSPS) is 17.0. The number of nitrogens with zero attached hydrogens (tertiary/aromatic N) is 1. The van der Waals surface area contributed by atoms with Crippen molar-refractivity contribution in [3.63, 3.8) is 0 Å². The maximum absolute atomic E-state index is 12.6. The van der Waals surface area contributed by atoms with Gasteiger partial charge < -0.3 is 5.32 Å². The topological polar surface area (TPSA) is 49.4 Å². The Morgan fingerprint density at radius 1 is 1.20 bits per heavy atom. The van der Waals surface area contributed by atoms with Crippen LogP contribution in [0.15, 0.2) is 48.5 Å². The van der Waals surface area contributed by atoms with E-state index in [1.165, 1.54) is 5.56 Å². The standard InChI is InChI=1S/C20H22N2O2S/c1-3-14-8-5-6-11-17(14)22-19(24)13-25-20(22)15-9-7-10-16(12-15)21-18(23)4-2/h5-12,20H,3-4,13H2,1-2H3,(H,21,23)/t20-/m1/s1. The number of rotatable bonds is 5. The molecule has 130 valence electrons. The number of para-hydroxylation sites is 1. The van der Waals surface area contributed by atoms with E-state index in [0.717, 1.165) is 23.4 Å². The van der Waals surface area contributed by atoms with Crippen LogP contribution >= 0.6 is 11.8 Å². The van der Waals surface area contributed by atoms with Crippen molar-refractivity contribution in [3.05, 3.63) is 59.7 Å². The van der Waals surface area contributed by atoms with Gasteiger partial charge in [-0.05, 0) is 35.7 Å². The van der Waals surface area contributed by atoms with Crippen molar-refractivity contribution >= 4 is 35.0 Å². The minimum Gasteiger partial charge on any atom is -0.326 e. The van der Waals surface area contributed by atoms with Crippen molar-refractivity contribution in [2.45, 2.75) is 32.1 Å². The molecule has 0 aliphatic carbocycles. The number of benzene rings is 2. The predicted octanol–water partition coefficient (Wildman–Crippen LogP) is 4.38. The van der Waals surface area contributed by atoms with Crippen LogP contribution in [0.2, 0.25) is 0 Å². The smallest absolute Gasteiger partial charge is 0.238 e. The first-order valence-corrected chi connectivity index (χ1v) is 9.60. The van der Waals surface area contributed by atoms with Gasteiger partial charge in [0.25, 0.3) is 0 Å². The van der Waals surface area contributed by atoms with Crippen LogP contribution < -0.4 is 10.2 Å². The van der Waals surface area contributed by atoms with E-state index in [-0.39, 0.29) is 17.2 Å². The van der Waals surface area contributed by atoms with E-state index in [9.17, 15) is 9.59 Å². The van der Waals surface area contributed by atoms with Gasteiger partial charge in [-0.1, -0.05) is 44.2 Å². The first-order chi connectivity index (χ1) is 12.1. The molecule has 25 heavy (non-hydrogen) atoms. The number of hydrogen-bond acceptors (Lipinski definition) is 3. The summed E-state index contributed by atoms with van der Waals surface area (Å²) < 4.78 is 0. The Hall–Kier alpha value is -2.27. The zero-order valence-electron chi connectivity index (χ0n) is 14.5. The first-order valence-electron chi connectivity index (χ1n) is 8.55. The summed E-state index contributed by atoms with van der Waals surface area (Å²) in [6.07, 6.45) is 1.32. The number of hydrogen-bond donors (Lipinski definition) is 1. The van der Waals surface area contributed by atoms with Crippen molar-refractivity contribution in [2.24, 2.45) is 0 Å². The molecule has 0 aromatic heterocycles. The van der Waals surface area contributed by atoms with Gasteiger partial charge >= 0.3 is 0 Å². The molecule has 2 aromatic carbocycles. The Morgan fingerprint density at radius 2 is 2.00 bits per heavy atom. The van der Waals surface area contributed by atoms with Gasteiger partial charge in [0.2, 0.25) is 11.8 Å². The third-order valence-electron chi connectivity index (χ3n) is 4.28. The number of thioether (sulfide) groups is 1. The van der Waals surface area contributed by atoms with Gasteiger partial charge in [0.15, 0.2) is 0 Å². The second-order valence-corrected chi connectivity index (χ2v) is 7.01. The molecular formula is C20H22N2O2S. The largest absolute Gasteiger partial charge is 0.326 e. The van der Waals surface area contributed by atoms with E-state index >= 15 is 0 Å². The summed E-state index contributed by atoms with van der Waals surface area (Å²) >= 11 is 1.62. The molecule has 1 heterocycles. The highest BCUT2D eigenvalue weighted by atomic mass is 32.2. The molecule has 0 bridgehead atoms. The highest BCUT2D eigenvalue weighted by Crippen LogP contribution is 2.43. The number of carbonyl (C=O) groups is 2. The highest BCUT2D eigenvalue weighted by Gasteiger charge is 2.35. The monoisotopic (exact) mass is 354 g/mol. The Balaban J connectivity index is 1.94. The Bertz CT molecular complexity index is 791. The molecule has 3 rings (SSSR count). The van der Waals surface area contributed by atoms with Crippen LogP contribution in [-0.2, 0) is 16.0 Å². The van der Waals surface area contributed by atoms with Crippen molar-refractivity contribution in [1.29, 1.82) is 0 Å². The second kappa shape index (κ2) is 7.74. The van der Waals surface area contributed by atoms with Crippen LogP contribution in [0, 0.1) is 0 Å². The van der Waals surface area contributed by atoms with E-state index in [0.29, 0.717) is 12.2 Å². The second-order valence-electron chi connectivity index (χ2n) is 5.94. The fourth-order valence-corrected chi connectivity index (χ4v) is 4.15. The molecule has 1 atom stereocenters. The lowest BCUT2D eigenvalue weighted by atomic mass is 10.1. The van der Waals surface area contributed by atoms with E-state index in [1.54, 1.807) is 11.8 Å². The number of nitrogens with one attached hydrogen (secondary N) is 1. The lowest BCUT2D eigenvalue weighted by Crippen LogP contribution is -2.28.